The van der Waals surface area contributed by atoms with Crippen molar-refractivity contribution in [1.29, 1.82) is 0 Å². The molecule has 0 bridgehead atoms. The highest BCUT2D eigenvalue weighted by molar-refractivity contribution is 7.90. The van der Waals surface area contributed by atoms with Gasteiger partial charge in [0, 0.05) is 37.5 Å². The van der Waals surface area contributed by atoms with E-state index in [0.717, 1.165) is 19.5 Å². The normalized spacial score (nSPS) is 25.7. The fourth-order valence-electron chi connectivity index (χ4n) is 3.12. The molecule has 0 aromatic heterocycles. The van der Waals surface area contributed by atoms with E-state index >= 15 is 0 Å². The third kappa shape index (κ3) is 4.53. The Bertz CT molecular complexity index is 545. The Morgan fingerprint density at radius 2 is 2.00 bits per heavy atom. The zero-order valence-corrected chi connectivity index (χ0v) is 13.9. The SMILES string of the molecule is CCC1CN(C(C)CS(C)(=O)=O)C(c2ccccc2)CN1. The fraction of sp³-hybridized carbons (Fsp3) is 0.625. The largest absolute Gasteiger partial charge is 0.311 e. The molecule has 1 aliphatic rings. The number of rotatable bonds is 5. The minimum atomic E-state index is -2.96. The minimum absolute atomic E-state index is 0.0290. The Balaban J connectivity index is 2.21. The molecule has 2 rings (SSSR count). The smallest absolute Gasteiger partial charge is 0.148 e. The molecule has 1 heterocycles. The Morgan fingerprint density at radius 1 is 1.33 bits per heavy atom. The molecule has 0 amide bonds. The second-order valence-electron chi connectivity index (χ2n) is 6.08. The summed E-state index contributed by atoms with van der Waals surface area (Å²) in [5.74, 6) is 0.215. The predicted octanol–water partition coefficient (Wildman–Crippen LogP) is 1.84. The highest BCUT2D eigenvalue weighted by atomic mass is 32.2. The van der Waals surface area contributed by atoms with Crippen molar-refractivity contribution >= 4 is 9.84 Å². The van der Waals surface area contributed by atoms with Gasteiger partial charge in [-0.2, -0.15) is 0 Å². The fourth-order valence-corrected chi connectivity index (χ4v) is 4.19. The summed E-state index contributed by atoms with van der Waals surface area (Å²) in [6.07, 6.45) is 2.38. The van der Waals surface area contributed by atoms with Crippen LogP contribution in [0.5, 0.6) is 0 Å². The Labute approximate surface area is 128 Å². The third-order valence-electron chi connectivity index (χ3n) is 4.22. The zero-order chi connectivity index (χ0) is 15.5. The van der Waals surface area contributed by atoms with Crippen LogP contribution in [-0.4, -0.2) is 50.5 Å². The molecule has 5 heteroatoms. The summed E-state index contributed by atoms with van der Waals surface area (Å²) in [4.78, 5) is 2.35. The van der Waals surface area contributed by atoms with Gasteiger partial charge >= 0.3 is 0 Å². The van der Waals surface area contributed by atoms with Crippen molar-refractivity contribution in [2.75, 3.05) is 25.1 Å². The summed E-state index contributed by atoms with van der Waals surface area (Å²) in [6.45, 7) is 5.96. The van der Waals surface area contributed by atoms with Crippen LogP contribution in [-0.2, 0) is 9.84 Å². The van der Waals surface area contributed by atoms with Crippen LogP contribution in [0.1, 0.15) is 31.9 Å². The lowest BCUT2D eigenvalue weighted by Gasteiger charge is -2.43. The monoisotopic (exact) mass is 310 g/mol. The Hall–Kier alpha value is -0.910. The molecule has 1 fully saturated rings. The summed E-state index contributed by atoms with van der Waals surface area (Å²) < 4.78 is 23.3. The van der Waals surface area contributed by atoms with Crippen molar-refractivity contribution in [3.8, 4) is 0 Å². The minimum Gasteiger partial charge on any atom is -0.311 e. The number of nitrogens with zero attached hydrogens (tertiary/aromatic N) is 1. The van der Waals surface area contributed by atoms with Crippen LogP contribution < -0.4 is 5.32 Å². The average Bonchev–Trinajstić information content (AvgIpc) is 2.45. The number of piperazine rings is 1. The van der Waals surface area contributed by atoms with Crippen molar-refractivity contribution in [3.05, 3.63) is 35.9 Å². The van der Waals surface area contributed by atoms with Gasteiger partial charge in [0.2, 0.25) is 0 Å². The first-order chi connectivity index (χ1) is 9.90. The van der Waals surface area contributed by atoms with Crippen molar-refractivity contribution in [1.82, 2.24) is 10.2 Å². The standard InChI is InChI=1S/C16H26N2O2S/c1-4-15-11-18(13(2)12-21(3,19)20)16(10-17-15)14-8-6-5-7-9-14/h5-9,13,15-17H,4,10-12H2,1-3H3. The van der Waals surface area contributed by atoms with Gasteiger partial charge in [-0.05, 0) is 18.9 Å². The topological polar surface area (TPSA) is 49.4 Å². The second kappa shape index (κ2) is 6.90. The lowest BCUT2D eigenvalue weighted by atomic mass is 9.98. The van der Waals surface area contributed by atoms with Gasteiger partial charge in [-0.3, -0.25) is 4.90 Å². The maximum atomic E-state index is 11.6. The first kappa shape index (κ1) is 16.5. The molecule has 1 aliphatic heterocycles. The summed E-state index contributed by atoms with van der Waals surface area (Å²) in [5, 5.41) is 3.57. The van der Waals surface area contributed by atoms with Gasteiger partial charge < -0.3 is 5.32 Å². The van der Waals surface area contributed by atoms with Crippen molar-refractivity contribution in [2.45, 2.75) is 38.4 Å². The van der Waals surface area contributed by atoms with Crippen LogP contribution in [0, 0.1) is 0 Å². The third-order valence-corrected chi connectivity index (χ3v) is 5.31. The average molecular weight is 310 g/mol. The quantitative estimate of drug-likeness (QED) is 0.902. The molecule has 0 aliphatic carbocycles. The Kier molecular flexibility index (Phi) is 5.41. The van der Waals surface area contributed by atoms with E-state index in [1.165, 1.54) is 11.8 Å². The van der Waals surface area contributed by atoms with Crippen LogP contribution in [0.25, 0.3) is 0 Å². The molecule has 3 unspecified atom stereocenters. The lowest BCUT2D eigenvalue weighted by Crippen LogP contribution is -2.55. The summed E-state index contributed by atoms with van der Waals surface area (Å²) in [7, 11) is -2.96. The first-order valence-corrected chi connectivity index (χ1v) is 9.68. The van der Waals surface area contributed by atoms with E-state index in [1.807, 2.05) is 25.1 Å². The molecule has 3 atom stereocenters. The maximum absolute atomic E-state index is 11.6. The molecular formula is C16H26N2O2S. The van der Waals surface area contributed by atoms with Crippen molar-refractivity contribution < 1.29 is 8.42 Å². The molecule has 0 radical (unpaired) electrons. The molecule has 1 aromatic rings. The number of nitrogens with one attached hydrogen (secondary N) is 1. The van der Waals surface area contributed by atoms with E-state index < -0.39 is 9.84 Å². The van der Waals surface area contributed by atoms with E-state index in [9.17, 15) is 8.42 Å². The molecule has 1 aromatic carbocycles. The molecule has 0 spiro atoms. The molecule has 1 N–H and O–H groups in total. The van der Waals surface area contributed by atoms with Gasteiger partial charge in [0.1, 0.15) is 9.84 Å². The number of hydrogen-bond donors (Lipinski definition) is 1. The van der Waals surface area contributed by atoms with Crippen LogP contribution in [0.3, 0.4) is 0 Å². The Morgan fingerprint density at radius 3 is 2.57 bits per heavy atom. The number of sulfone groups is 1. The molecular weight excluding hydrogens is 284 g/mol. The zero-order valence-electron chi connectivity index (χ0n) is 13.1. The van der Waals surface area contributed by atoms with Gasteiger partial charge in [0.25, 0.3) is 0 Å². The van der Waals surface area contributed by atoms with Gasteiger partial charge in [-0.25, -0.2) is 8.42 Å². The molecule has 118 valence electrons. The summed E-state index contributed by atoms with van der Waals surface area (Å²) in [6, 6.07) is 11.1. The highest BCUT2D eigenvalue weighted by Gasteiger charge is 2.32. The van der Waals surface area contributed by atoms with Crippen LogP contribution >= 0.6 is 0 Å². The maximum Gasteiger partial charge on any atom is 0.148 e. The van der Waals surface area contributed by atoms with E-state index in [4.69, 9.17) is 0 Å². The van der Waals surface area contributed by atoms with Crippen LogP contribution in [0.2, 0.25) is 0 Å². The molecule has 21 heavy (non-hydrogen) atoms. The van der Waals surface area contributed by atoms with Crippen molar-refractivity contribution in [3.63, 3.8) is 0 Å². The summed E-state index contributed by atoms with van der Waals surface area (Å²) >= 11 is 0. The van der Waals surface area contributed by atoms with E-state index in [2.05, 4.69) is 29.3 Å². The van der Waals surface area contributed by atoms with Crippen LogP contribution in [0.15, 0.2) is 30.3 Å². The van der Waals surface area contributed by atoms with Gasteiger partial charge in [0.05, 0.1) is 5.75 Å². The van der Waals surface area contributed by atoms with Gasteiger partial charge in [0.15, 0.2) is 0 Å². The second-order valence-corrected chi connectivity index (χ2v) is 8.26. The number of benzene rings is 1. The lowest BCUT2D eigenvalue weighted by molar-refractivity contribution is 0.0966. The predicted molar refractivity (Wildman–Crippen MR) is 87.1 cm³/mol. The van der Waals surface area contributed by atoms with Gasteiger partial charge in [-0.15, -0.1) is 0 Å². The van der Waals surface area contributed by atoms with Gasteiger partial charge in [-0.1, -0.05) is 37.3 Å². The highest BCUT2D eigenvalue weighted by Crippen LogP contribution is 2.26. The molecule has 4 nitrogen and oxygen atoms in total. The first-order valence-electron chi connectivity index (χ1n) is 7.62. The van der Waals surface area contributed by atoms with E-state index in [1.54, 1.807) is 0 Å². The van der Waals surface area contributed by atoms with Crippen LogP contribution in [0.4, 0.5) is 0 Å². The van der Waals surface area contributed by atoms with Crippen molar-refractivity contribution in [2.24, 2.45) is 0 Å². The number of hydrogen-bond acceptors (Lipinski definition) is 4. The molecule has 1 saturated heterocycles. The summed E-state index contributed by atoms with van der Waals surface area (Å²) in [5.41, 5.74) is 1.25. The molecule has 0 saturated carbocycles. The van der Waals surface area contributed by atoms with E-state index in [0.29, 0.717) is 6.04 Å². The van der Waals surface area contributed by atoms with E-state index in [-0.39, 0.29) is 17.8 Å².